The van der Waals surface area contributed by atoms with Crippen LogP contribution in [0.2, 0.25) is 0 Å². The molecule has 7 heteroatoms. The predicted molar refractivity (Wildman–Crippen MR) is 87.2 cm³/mol. The van der Waals surface area contributed by atoms with Crippen molar-refractivity contribution in [2.45, 2.75) is 45.5 Å². The number of alkyl halides is 2. The summed E-state index contributed by atoms with van der Waals surface area (Å²) in [5.74, 6) is -1.69. The van der Waals surface area contributed by atoms with E-state index >= 15 is 0 Å². The third-order valence-electron chi connectivity index (χ3n) is 5.26. The van der Waals surface area contributed by atoms with Crippen molar-refractivity contribution in [3.05, 3.63) is 17.6 Å². The van der Waals surface area contributed by atoms with E-state index in [0.29, 0.717) is 0 Å². The fraction of sp³-hybridized carbons (Fsp3) is 0.706. The molecular formula is C17H24F2N4O. The van der Waals surface area contributed by atoms with Gasteiger partial charge in [0.1, 0.15) is 12.1 Å². The van der Waals surface area contributed by atoms with E-state index in [1.54, 1.807) is 11.2 Å². The summed E-state index contributed by atoms with van der Waals surface area (Å²) >= 11 is 0. The van der Waals surface area contributed by atoms with Crippen LogP contribution in [-0.4, -0.2) is 52.9 Å². The Kier molecular flexibility index (Phi) is 4.69. The summed E-state index contributed by atoms with van der Waals surface area (Å²) in [6, 6.07) is 0. The number of aryl methyl sites for hydroxylation is 1. The zero-order valence-electron chi connectivity index (χ0n) is 14.3. The first-order chi connectivity index (χ1) is 11.4. The molecule has 0 N–H and O–H groups in total. The largest absolute Gasteiger partial charge is 0.356 e. The van der Waals surface area contributed by atoms with Crippen molar-refractivity contribution in [2.24, 2.45) is 5.92 Å². The topological polar surface area (TPSA) is 49.3 Å². The van der Waals surface area contributed by atoms with Gasteiger partial charge < -0.3 is 9.80 Å². The monoisotopic (exact) mass is 338 g/mol. The van der Waals surface area contributed by atoms with Crippen molar-refractivity contribution in [3.63, 3.8) is 0 Å². The standard InChI is InChI=1S/C17H24F2N4O/c1-12-13(2)20-11-21-15(12)22-7-3-14(4-8-22)16(24)23-9-5-17(18,19)6-10-23/h11,14H,3-10H2,1-2H3. The molecule has 0 unspecified atom stereocenters. The second-order valence-electron chi connectivity index (χ2n) is 6.85. The summed E-state index contributed by atoms with van der Waals surface area (Å²) in [5.41, 5.74) is 2.04. The summed E-state index contributed by atoms with van der Waals surface area (Å²) in [4.78, 5) is 24.9. The summed E-state index contributed by atoms with van der Waals surface area (Å²) in [6.45, 7) is 5.85. The van der Waals surface area contributed by atoms with Crippen molar-refractivity contribution in [1.82, 2.24) is 14.9 Å². The lowest BCUT2D eigenvalue weighted by Crippen LogP contribution is -2.47. The van der Waals surface area contributed by atoms with E-state index < -0.39 is 5.92 Å². The van der Waals surface area contributed by atoms with Gasteiger partial charge in [-0.05, 0) is 26.7 Å². The molecule has 0 aromatic carbocycles. The van der Waals surface area contributed by atoms with Crippen molar-refractivity contribution in [2.75, 3.05) is 31.1 Å². The molecule has 3 heterocycles. The third kappa shape index (κ3) is 3.49. The van der Waals surface area contributed by atoms with Gasteiger partial charge in [-0.15, -0.1) is 0 Å². The average molecular weight is 338 g/mol. The van der Waals surface area contributed by atoms with Crippen LogP contribution in [0.4, 0.5) is 14.6 Å². The van der Waals surface area contributed by atoms with Crippen LogP contribution in [0.15, 0.2) is 6.33 Å². The first kappa shape index (κ1) is 17.0. The lowest BCUT2D eigenvalue weighted by molar-refractivity contribution is -0.142. The summed E-state index contributed by atoms with van der Waals surface area (Å²) in [7, 11) is 0. The molecule has 1 amide bonds. The van der Waals surface area contributed by atoms with E-state index in [4.69, 9.17) is 0 Å². The van der Waals surface area contributed by atoms with Gasteiger partial charge in [-0.25, -0.2) is 18.7 Å². The first-order valence-corrected chi connectivity index (χ1v) is 8.57. The highest BCUT2D eigenvalue weighted by molar-refractivity contribution is 5.79. The number of piperidine rings is 2. The number of hydrogen-bond acceptors (Lipinski definition) is 4. The van der Waals surface area contributed by atoms with Crippen LogP contribution in [0, 0.1) is 19.8 Å². The van der Waals surface area contributed by atoms with Gasteiger partial charge in [-0.2, -0.15) is 0 Å². The van der Waals surface area contributed by atoms with Gasteiger partial charge >= 0.3 is 0 Å². The summed E-state index contributed by atoms with van der Waals surface area (Å²) in [5, 5.41) is 0. The highest BCUT2D eigenvalue weighted by Crippen LogP contribution is 2.30. The molecule has 2 aliphatic heterocycles. The predicted octanol–water partition coefficient (Wildman–Crippen LogP) is 2.57. The Morgan fingerprint density at radius 1 is 1.12 bits per heavy atom. The highest BCUT2D eigenvalue weighted by Gasteiger charge is 2.38. The smallest absolute Gasteiger partial charge is 0.251 e. The maximum Gasteiger partial charge on any atom is 0.251 e. The summed E-state index contributed by atoms with van der Waals surface area (Å²) in [6.07, 6.45) is 2.64. The lowest BCUT2D eigenvalue weighted by atomic mass is 9.93. The Labute approximate surface area is 141 Å². The summed E-state index contributed by atoms with van der Waals surface area (Å²) < 4.78 is 26.5. The van der Waals surface area contributed by atoms with Crippen LogP contribution in [0.1, 0.15) is 36.9 Å². The zero-order chi connectivity index (χ0) is 17.3. The zero-order valence-corrected chi connectivity index (χ0v) is 14.3. The molecule has 0 atom stereocenters. The minimum atomic E-state index is -2.61. The van der Waals surface area contributed by atoms with Gasteiger partial charge in [0.2, 0.25) is 5.91 Å². The maximum atomic E-state index is 13.2. The SMILES string of the molecule is Cc1ncnc(N2CCC(C(=O)N3CCC(F)(F)CC3)CC2)c1C. The number of rotatable bonds is 2. The van der Waals surface area contributed by atoms with E-state index in [9.17, 15) is 13.6 Å². The molecule has 2 saturated heterocycles. The fourth-order valence-corrected chi connectivity index (χ4v) is 3.50. The minimum Gasteiger partial charge on any atom is -0.356 e. The number of aromatic nitrogens is 2. The highest BCUT2D eigenvalue weighted by atomic mass is 19.3. The van der Waals surface area contributed by atoms with Crippen molar-refractivity contribution in [1.29, 1.82) is 0 Å². The molecule has 0 spiro atoms. The number of likely N-dealkylation sites (tertiary alicyclic amines) is 1. The number of hydrogen-bond donors (Lipinski definition) is 0. The van der Waals surface area contributed by atoms with Crippen molar-refractivity contribution < 1.29 is 13.6 Å². The number of halogens is 2. The number of carbonyl (C=O) groups is 1. The van der Waals surface area contributed by atoms with Gasteiger partial charge in [0.05, 0.1) is 0 Å². The van der Waals surface area contributed by atoms with E-state index in [1.807, 2.05) is 13.8 Å². The Balaban J connectivity index is 1.57. The number of nitrogens with zero attached hydrogens (tertiary/aromatic N) is 4. The maximum absolute atomic E-state index is 13.2. The Hall–Kier alpha value is -1.79. The molecule has 0 radical (unpaired) electrons. The second kappa shape index (κ2) is 6.61. The molecule has 0 aliphatic carbocycles. The Morgan fingerprint density at radius 3 is 2.38 bits per heavy atom. The molecule has 0 bridgehead atoms. The van der Waals surface area contributed by atoms with Gasteiger partial charge in [-0.3, -0.25) is 4.79 Å². The van der Waals surface area contributed by atoms with Gasteiger partial charge in [0.15, 0.2) is 0 Å². The molecule has 0 saturated carbocycles. The van der Waals surface area contributed by atoms with Crippen molar-refractivity contribution in [3.8, 4) is 0 Å². The van der Waals surface area contributed by atoms with E-state index in [0.717, 1.165) is 43.0 Å². The number of anilines is 1. The van der Waals surface area contributed by atoms with Crippen LogP contribution in [0.25, 0.3) is 0 Å². The molecule has 1 aromatic heterocycles. The molecule has 132 valence electrons. The van der Waals surface area contributed by atoms with Gasteiger partial charge in [0, 0.05) is 56.2 Å². The number of amides is 1. The Bertz CT molecular complexity index is 605. The lowest BCUT2D eigenvalue weighted by Gasteiger charge is -2.37. The Morgan fingerprint density at radius 2 is 1.75 bits per heavy atom. The average Bonchev–Trinajstić information content (AvgIpc) is 2.57. The second-order valence-corrected chi connectivity index (χ2v) is 6.85. The molecular weight excluding hydrogens is 314 g/mol. The molecule has 3 rings (SSSR count). The molecule has 2 fully saturated rings. The van der Waals surface area contributed by atoms with Crippen molar-refractivity contribution >= 4 is 11.7 Å². The van der Waals surface area contributed by atoms with Crippen LogP contribution >= 0.6 is 0 Å². The van der Waals surface area contributed by atoms with E-state index in [-0.39, 0.29) is 37.8 Å². The van der Waals surface area contributed by atoms with Crippen LogP contribution in [0.5, 0.6) is 0 Å². The first-order valence-electron chi connectivity index (χ1n) is 8.57. The normalized spacial score (nSPS) is 21.8. The molecule has 5 nitrogen and oxygen atoms in total. The third-order valence-corrected chi connectivity index (χ3v) is 5.26. The minimum absolute atomic E-state index is 0.0424. The quantitative estimate of drug-likeness (QED) is 0.832. The van der Waals surface area contributed by atoms with E-state index in [1.165, 1.54) is 0 Å². The molecule has 2 aliphatic rings. The van der Waals surface area contributed by atoms with Gasteiger partial charge in [0.25, 0.3) is 5.92 Å². The van der Waals surface area contributed by atoms with E-state index in [2.05, 4.69) is 14.9 Å². The fourth-order valence-electron chi connectivity index (χ4n) is 3.50. The van der Waals surface area contributed by atoms with Crippen LogP contribution in [0.3, 0.4) is 0 Å². The van der Waals surface area contributed by atoms with Gasteiger partial charge in [-0.1, -0.05) is 0 Å². The molecule has 24 heavy (non-hydrogen) atoms. The van der Waals surface area contributed by atoms with Crippen LogP contribution < -0.4 is 4.90 Å². The van der Waals surface area contributed by atoms with Crippen LogP contribution in [-0.2, 0) is 4.79 Å². The molecule has 1 aromatic rings. The number of carbonyl (C=O) groups excluding carboxylic acids is 1.